The van der Waals surface area contributed by atoms with Gasteiger partial charge in [0, 0.05) is 64.2 Å². The Kier molecular flexibility index (Phi) is 26.2. The third kappa shape index (κ3) is 28.9. The van der Waals surface area contributed by atoms with Crippen molar-refractivity contribution >= 4 is 23.6 Å². The van der Waals surface area contributed by atoms with Gasteiger partial charge in [-0.15, -0.1) is 0 Å². The highest BCUT2D eigenvalue weighted by Gasteiger charge is 2.29. The molecule has 0 heterocycles. The molecule has 56 heavy (non-hydrogen) atoms. The molecule has 4 aliphatic carbocycles. The number of unbranched alkanes of at least 4 members (excludes halogenated alkanes) is 2. The van der Waals surface area contributed by atoms with E-state index in [0.717, 1.165) is 63.7 Å². The van der Waals surface area contributed by atoms with E-state index < -0.39 is 0 Å². The Morgan fingerprint density at radius 3 is 1.05 bits per heavy atom. The summed E-state index contributed by atoms with van der Waals surface area (Å²) in [5.41, 5.74) is 0. The molecule has 2 unspecified atom stereocenters. The smallest absolute Gasteiger partial charge is 0.237 e. The summed E-state index contributed by atoms with van der Waals surface area (Å²) in [7, 11) is 0. The van der Waals surface area contributed by atoms with Crippen LogP contribution in [0, 0.1) is 0 Å². The van der Waals surface area contributed by atoms with E-state index in [-0.39, 0.29) is 35.7 Å². The summed E-state index contributed by atoms with van der Waals surface area (Å²) in [6.45, 7) is 10.9. The van der Waals surface area contributed by atoms with Crippen LogP contribution in [-0.2, 0) is 38.1 Å². The van der Waals surface area contributed by atoms with Gasteiger partial charge in [0.15, 0.2) is 0 Å². The normalized spacial score (nSPS) is 17.3. The Morgan fingerprint density at radius 2 is 0.750 bits per heavy atom. The summed E-state index contributed by atoms with van der Waals surface area (Å²) >= 11 is 0. The van der Waals surface area contributed by atoms with E-state index in [4.69, 9.17) is 18.9 Å². The minimum atomic E-state index is -0.0921. The number of carbonyl (C=O) groups excluding carboxylic acids is 4. The molecule has 16 heteroatoms. The highest BCUT2D eigenvalue weighted by Crippen LogP contribution is 2.22. The van der Waals surface area contributed by atoms with Crippen LogP contribution in [0.5, 0.6) is 0 Å². The van der Waals surface area contributed by atoms with E-state index in [1.54, 1.807) is 0 Å². The molecular weight excluding hydrogens is 720 g/mol. The van der Waals surface area contributed by atoms with Crippen molar-refractivity contribution in [3.63, 3.8) is 0 Å². The van der Waals surface area contributed by atoms with Gasteiger partial charge < -0.3 is 61.5 Å². The summed E-state index contributed by atoms with van der Waals surface area (Å²) < 4.78 is 21.6. The fourth-order valence-corrected chi connectivity index (χ4v) is 5.77. The Hall–Kier alpha value is -2.44. The van der Waals surface area contributed by atoms with Crippen LogP contribution < -0.4 is 42.5 Å². The van der Waals surface area contributed by atoms with Gasteiger partial charge in [0.25, 0.3) is 0 Å². The van der Waals surface area contributed by atoms with E-state index in [0.29, 0.717) is 91.1 Å². The van der Waals surface area contributed by atoms with E-state index >= 15 is 0 Å². The molecule has 0 spiro atoms. The van der Waals surface area contributed by atoms with E-state index in [9.17, 15) is 19.2 Å². The molecule has 4 aliphatic rings. The van der Waals surface area contributed by atoms with Gasteiger partial charge in [0.05, 0.1) is 64.9 Å². The van der Waals surface area contributed by atoms with Gasteiger partial charge in [-0.3, -0.25) is 19.2 Å². The SMILES string of the molecule is CC(=O)NCCOCCOCCNC(=O)C(CCCCNC1CC1)NC1CC1.CC(=O)NCCOCCOCCNC(=O)C(CCCCNC1CC1)NC1CC1. The highest BCUT2D eigenvalue weighted by atomic mass is 16.5. The van der Waals surface area contributed by atoms with Crippen LogP contribution >= 0.6 is 0 Å². The molecule has 0 aromatic carbocycles. The largest absolute Gasteiger partial charge is 0.377 e. The van der Waals surface area contributed by atoms with Crippen LogP contribution in [0.4, 0.5) is 0 Å². The third-order valence-electron chi connectivity index (χ3n) is 9.60. The molecule has 4 fully saturated rings. The average molecular weight is 797 g/mol. The molecule has 0 bridgehead atoms. The van der Waals surface area contributed by atoms with Crippen LogP contribution in [0.2, 0.25) is 0 Å². The molecule has 0 aliphatic heterocycles. The maximum absolute atomic E-state index is 12.4. The van der Waals surface area contributed by atoms with Crippen molar-refractivity contribution in [3.05, 3.63) is 0 Å². The molecule has 0 aromatic rings. The second kappa shape index (κ2) is 30.6. The third-order valence-corrected chi connectivity index (χ3v) is 9.60. The Labute approximate surface area is 335 Å². The standard InChI is InChI=1S/2C20H38N4O4/c2*1-16(25)21-10-12-27-14-15-28-13-11-23-20(26)19(24-18-7-8-18)4-2-3-9-22-17-5-6-17/h2*17-19,22,24H,2-15H2,1H3,(H,21,25)(H,23,26). The van der Waals surface area contributed by atoms with Crippen molar-refractivity contribution in [1.29, 1.82) is 0 Å². The van der Waals surface area contributed by atoms with Crippen molar-refractivity contribution in [2.75, 3.05) is 92.1 Å². The molecule has 4 saturated carbocycles. The zero-order valence-corrected chi connectivity index (χ0v) is 34.5. The van der Waals surface area contributed by atoms with Gasteiger partial charge in [-0.2, -0.15) is 0 Å². The zero-order valence-electron chi connectivity index (χ0n) is 34.5. The molecule has 4 rings (SSSR count). The number of carbonyl (C=O) groups is 4. The fourth-order valence-electron chi connectivity index (χ4n) is 5.77. The van der Waals surface area contributed by atoms with Gasteiger partial charge in [-0.25, -0.2) is 0 Å². The molecule has 4 amide bonds. The molecule has 8 N–H and O–H groups in total. The second-order valence-corrected chi connectivity index (χ2v) is 15.4. The first-order valence-corrected chi connectivity index (χ1v) is 21.6. The van der Waals surface area contributed by atoms with Crippen LogP contribution in [0.1, 0.15) is 104 Å². The first-order valence-electron chi connectivity index (χ1n) is 21.6. The van der Waals surface area contributed by atoms with Gasteiger partial charge in [0.2, 0.25) is 23.6 Å². The van der Waals surface area contributed by atoms with Crippen LogP contribution in [0.3, 0.4) is 0 Å². The Bertz CT molecular complexity index is 993. The summed E-state index contributed by atoms with van der Waals surface area (Å²) in [6.07, 6.45) is 16.1. The van der Waals surface area contributed by atoms with Crippen molar-refractivity contribution in [2.45, 2.75) is 140 Å². The van der Waals surface area contributed by atoms with Crippen molar-refractivity contribution < 1.29 is 38.1 Å². The van der Waals surface area contributed by atoms with Gasteiger partial charge in [0.1, 0.15) is 0 Å². The van der Waals surface area contributed by atoms with Gasteiger partial charge in [-0.1, -0.05) is 12.8 Å². The van der Waals surface area contributed by atoms with E-state index in [1.165, 1.54) is 65.2 Å². The van der Waals surface area contributed by atoms with Crippen LogP contribution in [-0.4, -0.2) is 152 Å². The van der Waals surface area contributed by atoms with Crippen molar-refractivity contribution in [3.8, 4) is 0 Å². The first kappa shape index (κ1) is 47.9. The maximum atomic E-state index is 12.4. The lowest BCUT2D eigenvalue weighted by atomic mass is 10.1. The number of hydrogen-bond acceptors (Lipinski definition) is 12. The van der Waals surface area contributed by atoms with Gasteiger partial charge >= 0.3 is 0 Å². The fraction of sp³-hybridized carbons (Fsp3) is 0.900. The summed E-state index contributed by atoms with van der Waals surface area (Å²) in [6, 6.07) is 2.37. The Morgan fingerprint density at radius 1 is 0.429 bits per heavy atom. The molecule has 324 valence electrons. The maximum Gasteiger partial charge on any atom is 0.237 e. The topological polar surface area (TPSA) is 201 Å². The molecule has 0 saturated heterocycles. The molecule has 2 atom stereocenters. The average Bonchev–Trinajstić information content (AvgIpc) is 3.94. The number of rotatable bonds is 36. The van der Waals surface area contributed by atoms with Crippen LogP contribution in [0.15, 0.2) is 0 Å². The van der Waals surface area contributed by atoms with E-state index in [2.05, 4.69) is 42.5 Å². The second-order valence-electron chi connectivity index (χ2n) is 15.4. The molecule has 16 nitrogen and oxygen atoms in total. The minimum absolute atomic E-state index is 0.0556. The predicted octanol–water partition coefficient (Wildman–Crippen LogP) is 0.630. The minimum Gasteiger partial charge on any atom is -0.377 e. The lowest BCUT2D eigenvalue weighted by molar-refractivity contribution is -0.124. The summed E-state index contributed by atoms with van der Waals surface area (Å²) in [4.78, 5) is 46.3. The number of amides is 4. The monoisotopic (exact) mass is 797 g/mol. The lowest BCUT2D eigenvalue weighted by Crippen LogP contribution is -2.46. The molecule has 0 aromatic heterocycles. The van der Waals surface area contributed by atoms with Gasteiger partial charge in [-0.05, 0) is 90.1 Å². The predicted molar refractivity (Wildman–Crippen MR) is 216 cm³/mol. The van der Waals surface area contributed by atoms with Crippen LogP contribution in [0.25, 0.3) is 0 Å². The molecule has 0 radical (unpaired) electrons. The zero-order chi connectivity index (χ0) is 40.1. The number of hydrogen-bond donors (Lipinski definition) is 8. The quantitative estimate of drug-likeness (QED) is 0.0412. The molecular formula is C40H76N8O8. The highest BCUT2D eigenvalue weighted by molar-refractivity contribution is 5.82. The van der Waals surface area contributed by atoms with Crippen molar-refractivity contribution in [2.24, 2.45) is 0 Å². The lowest BCUT2D eigenvalue weighted by Gasteiger charge is -2.18. The summed E-state index contributed by atoms with van der Waals surface area (Å²) in [5.74, 6) is 0.0504. The first-order chi connectivity index (χ1) is 27.3. The number of nitrogens with one attached hydrogen (secondary N) is 8. The van der Waals surface area contributed by atoms with Crippen molar-refractivity contribution in [1.82, 2.24) is 42.5 Å². The van der Waals surface area contributed by atoms with E-state index in [1.807, 2.05) is 0 Å². The number of ether oxygens (including phenoxy) is 4. The summed E-state index contributed by atoms with van der Waals surface area (Å²) in [5, 5.41) is 25.3. The Balaban J connectivity index is 0.000000300.